The Labute approximate surface area is 161 Å². The van der Waals surface area contributed by atoms with E-state index in [1.165, 1.54) is 30.3 Å². The molecular formula is C19H13ClF4O4. The number of benzene rings is 2. The largest absolute Gasteiger partial charge is 0.483 e. The van der Waals surface area contributed by atoms with Crippen molar-refractivity contribution in [3.8, 4) is 5.75 Å². The van der Waals surface area contributed by atoms with Crippen LogP contribution < -0.4 is 4.74 Å². The van der Waals surface area contributed by atoms with E-state index in [1.807, 2.05) is 0 Å². The van der Waals surface area contributed by atoms with Crippen LogP contribution in [0, 0.1) is 5.82 Å². The fourth-order valence-electron chi connectivity index (χ4n) is 2.65. The summed E-state index contributed by atoms with van der Waals surface area (Å²) < 4.78 is 60.7. The molecule has 2 aromatic carbocycles. The maximum Gasteiger partial charge on any atom is 0.422 e. The number of carboxylic acids is 1. The van der Waals surface area contributed by atoms with E-state index in [9.17, 15) is 22.4 Å². The fourth-order valence-corrected chi connectivity index (χ4v) is 2.91. The average molecular weight is 417 g/mol. The number of hydrogen-bond acceptors (Lipinski definition) is 3. The predicted octanol–water partition coefficient (Wildman–Crippen LogP) is 5.65. The summed E-state index contributed by atoms with van der Waals surface area (Å²) in [6.45, 7) is -1.45. The number of furan rings is 1. The topological polar surface area (TPSA) is 59.7 Å². The van der Waals surface area contributed by atoms with Gasteiger partial charge in [0.25, 0.3) is 0 Å². The van der Waals surface area contributed by atoms with Crippen molar-refractivity contribution in [3.05, 3.63) is 64.1 Å². The molecule has 0 unspecified atom stereocenters. The Bertz CT molecular complexity index is 1030. The first kappa shape index (κ1) is 20.0. The lowest BCUT2D eigenvalue weighted by Gasteiger charge is -2.11. The molecule has 0 atom stereocenters. The summed E-state index contributed by atoms with van der Waals surface area (Å²) in [6, 6.07) is 8.20. The van der Waals surface area contributed by atoms with Gasteiger partial charge in [0.2, 0.25) is 5.76 Å². The van der Waals surface area contributed by atoms with Gasteiger partial charge in [-0.15, -0.1) is 0 Å². The number of ether oxygens (including phenoxy) is 1. The molecular weight excluding hydrogens is 404 g/mol. The van der Waals surface area contributed by atoms with E-state index >= 15 is 0 Å². The van der Waals surface area contributed by atoms with Crippen molar-refractivity contribution in [3.63, 3.8) is 0 Å². The molecule has 3 rings (SSSR count). The van der Waals surface area contributed by atoms with Crippen LogP contribution >= 0.6 is 11.6 Å². The van der Waals surface area contributed by atoms with E-state index in [4.69, 9.17) is 21.1 Å². The molecule has 0 amide bonds. The third-order valence-corrected chi connectivity index (χ3v) is 4.26. The van der Waals surface area contributed by atoms with E-state index < -0.39 is 24.6 Å². The van der Waals surface area contributed by atoms with Crippen LogP contribution in [0.25, 0.3) is 11.0 Å². The molecule has 4 nitrogen and oxygen atoms in total. The summed E-state index contributed by atoms with van der Waals surface area (Å²) in [4.78, 5) is 10.9. The van der Waals surface area contributed by atoms with Crippen LogP contribution in [0.1, 0.15) is 21.7 Å². The third-order valence-electron chi connectivity index (χ3n) is 3.97. The Hall–Kier alpha value is -2.74. The maximum absolute atomic E-state index is 14.2. The maximum atomic E-state index is 14.2. The van der Waals surface area contributed by atoms with Crippen molar-refractivity contribution in [2.24, 2.45) is 0 Å². The van der Waals surface area contributed by atoms with Crippen LogP contribution in [0.5, 0.6) is 5.75 Å². The van der Waals surface area contributed by atoms with E-state index in [-0.39, 0.29) is 28.5 Å². The van der Waals surface area contributed by atoms with Gasteiger partial charge in [0.05, 0.1) is 5.02 Å². The van der Waals surface area contributed by atoms with Gasteiger partial charge in [-0.25, -0.2) is 9.18 Å². The highest BCUT2D eigenvalue weighted by Gasteiger charge is 2.28. The van der Waals surface area contributed by atoms with Crippen LogP contribution in [-0.4, -0.2) is 23.9 Å². The van der Waals surface area contributed by atoms with Crippen LogP contribution in [-0.2, 0) is 12.8 Å². The lowest BCUT2D eigenvalue weighted by Crippen LogP contribution is -2.19. The van der Waals surface area contributed by atoms with E-state index in [0.29, 0.717) is 22.9 Å². The van der Waals surface area contributed by atoms with Crippen molar-refractivity contribution in [1.82, 2.24) is 0 Å². The minimum Gasteiger partial charge on any atom is -0.483 e. The molecule has 0 aliphatic heterocycles. The first-order valence-electron chi connectivity index (χ1n) is 8.05. The fraction of sp³-hybridized carbons (Fsp3) is 0.211. The first-order valence-corrected chi connectivity index (χ1v) is 8.43. The number of halogens is 5. The van der Waals surface area contributed by atoms with Crippen LogP contribution in [0.2, 0.25) is 5.02 Å². The summed E-state index contributed by atoms with van der Waals surface area (Å²) in [7, 11) is 0. The lowest BCUT2D eigenvalue weighted by molar-refractivity contribution is -0.153. The van der Waals surface area contributed by atoms with Gasteiger partial charge in [-0.3, -0.25) is 0 Å². The number of aromatic carboxylic acids is 1. The van der Waals surface area contributed by atoms with Crippen LogP contribution in [0.15, 0.2) is 40.8 Å². The number of rotatable bonds is 6. The van der Waals surface area contributed by atoms with Gasteiger partial charge in [-0.1, -0.05) is 17.7 Å². The third kappa shape index (κ3) is 4.75. The van der Waals surface area contributed by atoms with Gasteiger partial charge >= 0.3 is 12.1 Å². The number of hydrogen-bond donors (Lipinski definition) is 1. The second kappa shape index (κ2) is 7.71. The number of fused-ring (bicyclic) bond motifs is 1. The Morgan fingerprint density at radius 2 is 1.89 bits per heavy atom. The van der Waals surface area contributed by atoms with Crippen molar-refractivity contribution >= 4 is 28.5 Å². The monoisotopic (exact) mass is 416 g/mol. The zero-order valence-corrected chi connectivity index (χ0v) is 14.9. The predicted molar refractivity (Wildman–Crippen MR) is 93.5 cm³/mol. The van der Waals surface area contributed by atoms with Crippen molar-refractivity contribution < 1.29 is 36.6 Å². The van der Waals surface area contributed by atoms with Crippen LogP contribution in [0.3, 0.4) is 0 Å². The standard InChI is InChI=1S/C19H13ClF4O4/c20-13-5-10(2-4-15(13)27-9-19(22,23)24)1-3-11-7-16-12(6-14(11)21)8-17(28-16)18(25)26/h2,4-8H,1,3,9H2,(H,25,26). The summed E-state index contributed by atoms with van der Waals surface area (Å²) in [5.41, 5.74) is 1.24. The van der Waals surface area contributed by atoms with Gasteiger partial charge < -0.3 is 14.3 Å². The molecule has 0 spiro atoms. The smallest absolute Gasteiger partial charge is 0.422 e. The molecule has 148 valence electrons. The average Bonchev–Trinajstić information content (AvgIpc) is 3.01. The van der Waals surface area contributed by atoms with Gasteiger partial charge in [0.15, 0.2) is 6.61 Å². The normalized spacial score (nSPS) is 11.8. The molecule has 1 aromatic heterocycles. The van der Waals surface area contributed by atoms with E-state index in [2.05, 4.69) is 4.74 Å². The molecule has 3 aromatic rings. The van der Waals surface area contributed by atoms with E-state index in [1.54, 1.807) is 6.07 Å². The molecule has 1 heterocycles. The SMILES string of the molecule is O=C(O)c1cc2cc(F)c(CCc3ccc(OCC(F)(F)F)c(Cl)c3)cc2o1. The Balaban J connectivity index is 1.72. The van der Waals surface area contributed by atoms with Crippen molar-refractivity contribution in [2.45, 2.75) is 19.0 Å². The molecule has 0 radical (unpaired) electrons. The van der Waals surface area contributed by atoms with Gasteiger partial charge in [0.1, 0.15) is 17.1 Å². The molecule has 0 saturated heterocycles. The molecule has 0 aliphatic carbocycles. The number of aryl methyl sites for hydroxylation is 2. The molecule has 0 fully saturated rings. The number of carbonyl (C=O) groups is 1. The minimum atomic E-state index is -4.47. The summed E-state index contributed by atoms with van der Waals surface area (Å²) in [5, 5.41) is 9.30. The molecule has 28 heavy (non-hydrogen) atoms. The van der Waals surface area contributed by atoms with Gasteiger partial charge in [-0.2, -0.15) is 13.2 Å². The van der Waals surface area contributed by atoms with Gasteiger partial charge in [0, 0.05) is 5.39 Å². The minimum absolute atomic E-state index is 0.0230. The zero-order valence-electron chi connectivity index (χ0n) is 14.1. The highest BCUT2D eigenvalue weighted by molar-refractivity contribution is 6.32. The summed E-state index contributed by atoms with van der Waals surface area (Å²) in [6.07, 6.45) is -3.86. The number of carboxylic acid groups (broad SMARTS) is 1. The summed E-state index contributed by atoms with van der Waals surface area (Å²) >= 11 is 5.94. The van der Waals surface area contributed by atoms with Gasteiger partial charge in [-0.05, 0) is 54.3 Å². The number of alkyl halides is 3. The lowest BCUT2D eigenvalue weighted by atomic mass is 10.0. The van der Waals surface area contributed by atoms with Crippen molar-refractivity contribution in [2.75, 3.05) is 6.61 Å². The second-order valence-electron chi connectivity index (χ2n) is 6.07. The first-order chi connectivity index (χ1) is 13.1. The van der Waals surface area contributed by atoms with E-state index in [0.717, 1.165) is 0 Å². The molecule has 0 aliphatic rings. The Morgan fingerprint density at radius 3 is 2.54 bits per heavy atom. The highest BCUT2D eigenvalue weighted by Crippen LogP contribution is 2.29. The molecule has 0 bridgehead atoms. The quantitative estimate of drug-likeness (QED) is 0.527. The molecule has 0 saturated carbocycles. The van der Waals surface area contributed by atoms with Crippen LogP contribution in [0.4, 0.5) is 17.6 Å². The van der Waals surface area contributed by atoms with Crippen molar-refractivity contribution in [1.29, 1.82) is 0 Å². The second-order valence-corrected chi connectivity index (χ2v) is 6.47. The molecule has 9 heteroatoms. The highest BCUT2D eigenvalue weighted by atomic mass is 35.5. The molecule has 1 N–H and O–H groups in total. The Kier molecular flexibility index (Phi) is 5.51. The zero-order chi connectivity index (χ0) is 20.5. The Morgan fingerprint density at radius 1 is 1.14 bits per heavy atom. The summed E-state index contributed by atoms with van der Waals surface area (Å²) in [5.74, 6) is -2.14.